The van der Waals surface area contributed by atoms with Crippen LogP contribution in [0.25, 0.3) is 22.0 Å². The quantitative estimate of drug-likeness (QED) is 0.382. The number of benzene rings is 2. The molecule has 1 saturated carbocycles. The molecular formula is C30H29N3O2. The standard InChI is InChI=1S/C30H29N3O2/c1-19-15-20(2)33-27(16-19)30(34)13-11-23(12-14-30)26-18-32-28-24(5-4-6-25(28)29(26)35-3)22-9-7-21(17-31)8-10-22/h4-10,15-16,18,23,34H,11-14H2,1-3H3. The van der Waals surface area contributed by atoms with Gasteiger partial charge >= 0.3 is 0 Å². The van der Waals surface area contributed by atoms with Crippen LogP contribution in [0.4, 0.5) is 0 Å². The van der Waals surface area contributed by atoms with Crippen LogP contribution in [0, 0.1) is 25.2 Å². The van der Waals surface area contributed by atoms with Crippen molar-refractivity contribution in [2.24, 2.45) is 0 Å². The third kappa shape index (κ3) is 4.26. The van der Waals surface area contributed by atoms with E-state index in [0.29, 0.717) is 18.4 Å². The van der Waals surface area contributed by atoms with Crippen LogP contribution >= 0.6 is 0 Å². The smallest absolute Gasteiger partial charge is 0.133 e. The lowest BCUT2D eigenvalue weighted by atomic mass is 9.74. The highest BCUT2D eigenvalue weighted by atomic mass is 16.5. The Morgan fingerprint density at radius 2 is 1.80 bits per heavy atom. The van der Waals surface area contributed by atoms with E-state index in [4.69, 9.17) is 15.0 Å². The number of hydrogen-bond acceptors (Lipinski definition) is 5. The predicted octanol–water partition coefficient (Wildman–Crippen LogP) is 6.34. The van der Waals surface area contributed by atoms with Gasteiger partial charge in [0.15, 0.2) is 0 Å². The molecule has 176 valence electrons. The largest absolute Gasteiger partial charge is 0.496 e. The molecule has 1 fully saturated rings. The van der Waals surface area contributed by atoms with Gasteiger partial charge in [-0.1, -0.05) is 24.3 Å². The Labute approximate surface area is 206 Å². The molecule has 0 radical (unpaired) electrons. The first-order valence-electron chi connectivity index (χ1n) is 12.1. The van der Waals surface area contributed by atoms with Gasteiger partial charge in [0.2, 0.25) is 0 Å². The Balaban J connectivity index is 1.47. The van der Waals surface area contributed by atoms with E-state index in [-0.39, 0.29) is 5.92 Å². The highest BCUT2D eigenvalue weighted by molar-refractivity contribution is 5.97. The van der Waals surface area contributed by atoms with Crippen LogP contribution in [-0.4, -0.2) is 22.2 Å². The van der Waals surface area contributed by atoms with Crippen LogP contribution in [0.1, 0.15) is 59.7 Å². The van der Waals surface area contributed by atoms with Gasteiger partial charge in [0, 0.05) is 28.4 Å². The maximum Gasteiger partial charge on any atom is 0.133 e. The van der Waals surface area contributed by atoms with Gasteiger partial charge in [-0.15, -0.1) is 0 Å². The first kappa shape index (κ1) is 23.0. The monoisotopic (exact) mass is 463 g/mol. The van der Waals surface area contributed by atoms with Crippen LogP contribution in [0.3, 0.4) is 0 Å². The molecule has 5 nitrogen and oxygen atoms in total. The Bertz CT molecular complexity index is 1410. The van der Waals surface area contributed by atoms with Crippen molar-refractivity contribution >= 4 is 10.9 Å². The molecule has 2 heterocycles. The molecule has 4 aromatic rings. The number of pyridine rings is 2. The molecule has 5 rings (SSSR count). The van der Waals surface area contributed by atoms with Crippen molar-refractivity contribution in [3.05, 3.63) is 88.9 Å². The molecule has 1 N–H and O–H groups in total. The molecule has 1 aliphatic carbocycles. The second-order valence-corrected chi connectivity index (χ2v) is 9.61. The second kappa shape index (κ2) is 9.13. The van der Waals surface area contributed by atoms with Crippen LogP contribution in [0.2, 0.25) is 0 Å². The van der Waals surface area contributed by atoms with Crippen molar-refractivity contribution in [1.82, 2.24) is 9.97 Å². The average molecular weight is 464 g/mol. The van der Waals surface area contributed by atoms with E-state index in [1.54, 1.807) is 7.11 Å². The van der Waals surface area contributed by atoms with Crippen molar-refractivity contribution in [2.75, 3.05) is 7.11 Å². The number of aryl methyl sites for hydroxylation is 2. The summed E-state index contributed by atoms with van der Waals surface area (Å²) in [4.78, 5) is 9.53. The summed E-state index contributed by atoms with van der Waals surface area (Å²) >= 11 is 0. The fraction of sp³-hybridized carbons (Fsp3) is 0.300. The zero-order valence-electron chi connectivity index (χ0n) is 20.4. The van der Waals surface area contributed by atoms with E-state index in [2.05, 4.69) is 17.1 Å². The maximum absolute atomic E-state index is 11.4. The highest BCUT2D eigenvalue weighted by Gasteiger charge is 2.37. The average Bonchev–Trinajstić information content (AvgIpc) is 2.87. The molecule has 0 bridgehead atoms. The van der Waals surface area contributed by atoms with E-state index in [0.717, 1.165) is 63.1 Å². The lowest BCUT2D eigenvalue weighted by molar-refractivity contribution is -0.00991. The normalized spacial score (nSPS) is 19.9. The summed E-state index contributed by atoms with van der Waals surface area (Å²) in [5.74, 6) is 1.11. The molecule has 1 aliphatic rings. The first-order chi connectivity index (χ1) is 16.9. The summed E-state index contributed by atoms with van der Waals surface area (Å²) < 4.78 is 5.95. The minimum absolute atomic E-state index is 0.256. The van der Waals surface area contributed by atoms with E-state index in [9.17, 15) is 5.11 Å². The Kier molecular flexibility index (Phi) is 6.00. The summed E-state index contributed by atoms with van der Waals surface area (Å²) in [6.45, 7) is 4.02. The van der Waals surface area contributed by atoms with Crippen molar-refractivity contribution in [2.45, 2.75) is 51.0 Å². The van der Waals surface area contributed by atoms with Gasteiger partial charge in [0.25, 0.3) is 0 Å². The minimum Gasteiger partial charge on any atom is -0.496 e. The van der Waals surface area contributed by atoms with Crippen LogP contribution in [0.15, 0.2) is 60.8 Å². The van der Waals surface area contributed by atoms with Gasteiger partial charge < -0.3 is 9.84 Å². The third-order valence-corrected chi connectivity index (χ3v) is 7.23. The summed E-state index contributed by atoms with van der Waals surface area (Å²) in [5.41, 5.74) is 6.58. The molecule has 0 unspecified atom stereocenters. The second-order valence-electron chi connectivity index (χ2n) is 9.61. The van der Waals surface area contributed by atoms with Gasteiger partial charge in [-0.05, 0) is 86.9 Å². The zero-order valence-corrected chi connectivity index (χ0v) is 20.4. The molecule has 0 saturated heterocycles. The fourth-order valence-electron chi connectivity index (χ4n) is 5.43. The summed E-state index contributed by atoms with van der Waals surface area (Å²) in [6, 6.07) is 19.9. The molecule has 2 aromatic carbocycles. The van der Waals surface area contributed by atoms with Crippen LogP contribution < -0.4 is 4.74 Å². The minimum atomic E-state index is -0.895. The number of ether oxygens (including phenoxy) is 1. The van der Waals surface area contributed by atoms with E-state index >= 15 is 0 Å². The lowest BCUT2D eigenvalue weighted by Gasteiger charge is -2.36. The highest BCUT2D eigenvalue weighted by Crippen LogP contribution is 2.46. The lowest BCUT2D eigenvalue weighted by Crippen LogP contribution is -2.32. The summed E-state index contributed by atoms with van der Waals surface area (Å²) in [5, 5.41) is 21.5. The maximum atomic E-state index is 11.4. The number of nitriles is 1. The van der Waals surface area contributed by atoms with Gasteiger partial charge in [-0.2, -0.15) is 5.26 Å². The van der Waals surface area contributed by atoms with E-state index in [1.807, 2.05) is 68.6 Å². The Morgan fingerprint density at radius 3 is 2.46 bits per heavy atom. The molecule has 2 aromatic heterocycles. The number of nitrogens with zero attached hydrogens (tertiary/aromatic N) is 3. The number of aromatic nitrogens is 2. The molecule has 0 aliphatic heterocycles. The van der Waals surface area contributed by atoms with Gasteiger partial charge in [-0.25, -0.2) is 0 Å². The Hall–Kier alpha value is -3.75. The summed E-state index contributed by atoms with van der Waals surface area (Å²) in [6.07, 6.45) is 4.92. The summed E-state index contributed by atoms with van der Waals surface area (Å²) in [7, 11) is 1.71. The van der Waals surface area contributed by atoms with Crippen molar-refractivity contribution in [1.29, 1.82) is 5.26 Å². The number of fused-ring (bicyclic) bond motifs is 1. The SMILES string of the molecule is COc1c(C2CCC(O)(c3cc(C)cc(C)n3)CC2)cnc2c(-c3ccc(C#N)cc3)cccc12. The molecular weight excluding hydrogens is 434 g/mol. The number of methoxy groups -OCH3 is 1. The zero-order chi connectivity index (χ0) is 24.6. The van der Waals surface area contributed by atoms with Gasteiger partial charge in [0.1, 0.15) is 11.4 Å². The number of rotatable bonds is 4. The molecule has 5 heteroatoms. The van der Waals surface area contributed by atoms with E-state index < -0.39 is 5.60 Å². The van der Waals surface area contributed by atoms with E-state index in [1.165, 1.54) is 0 Å². The fourth-order valence-corrected chi connectivity index (χ4v) is 5.43. The Morgan fingerprint density at radius 1 is 1.06 bits per heavy atom. The molecule has 0 spiro atoms. The van der Waals surface area contributed by atoms with Gasteiger partial charge in [-0.3, -0.25) is 9.97 Å². The van der Waals surface area contributed by atoms with Crippen LogP contribution in [0.5, 0.6) is 5.75 Å². The van der Waals surface area contributed by atoms with Crippen molar-refractivity contribution in [3.8, 4) is 22.9 Å². The number of hydrogen-bond donors (Lipinski definition) is 1. The molecule has 0 amide bonds. The van der Waals surface area contributed by atoms with Crippen molar-refractivity contribution < 1.29 is 9.84 Å². The van der Waals surface area contributed by atoms with Crippen molar-refractivity contribution in [3.63, 3.8) is 0 Å². The molecule has 35 heavy (non-hydrogen) atoms. The van der Waals surface area contributed by atoms with Gasteiger partial charge in [0.05, 0.1) is 30.0 Å². The predicted molar refractivity (Wildman–Crippen MR) is 137 cm³/mol. The number of aliphatic hydroxyl groups is 1. The van der Waals surface area contributed by atoms with Crippen LogP contribution in [-0.2, 0) is 5.60 Å². The topological polar surface area (TPSA) is 79.0 Å². The molecule has 0 atom stereocenters. The first-order valence-corrected chi connectivity index (χ1v) is 12.1. The number of para-hydroxylation sites is 1. The third-order valence-electron chi connectivity index (χ3n) is 7.23.